The van der Waals surface area contributed by atoms with E-state index >= 15 is 0 Å². The minimum atomic E-state index is 0.100. The summed E-state index contributed by atoms with van der Waals surface area (Å²) in [5.41, 5.74) is 1.29. The molecular weight excluding hydrogens is 230 g/mol. The summed E-state index contributed by atoms with van der Waals surface area (Å²) in [5.74, 6) is 0. The molecule has 0 aromatic carbocycles. The van der Waals surface area contributed by atoms with Crippen molar-refractivity contribution in [2.75, 3.05) is 13.1 Å². The van der Waals surface area contributed by atoms with Gasteiger partial charge in [-0.2, -0.15) is 0 Å². The number of rotatable bonds is 3. The number of nitrogens with one attached hydrogen (secondary N) is 2. The molecule has 1 aliphatic heterocycles. The summed E-state index contributed by atoms with van der Waals surface area (Å²) in [6, 6.07) is 0.498. The van der Waals surface area contributed by atoms with Crippen molar-refractivity contribution in [2.24, 2.45) is 0 Å². The van der Waals surface area contributed by atoms with Gasteiger partial charge in [-0.15, -0.1) is 11.3 Å². The van der Waals surface area contributed by atoms with E-state index in [9.17, 15) is 0 Å². The molecular formula is C13H23N3S. The molecule has 1 fully saturated rings. The highest BCUT2D eigenvalue weighted by Crippen LogP contribution is 2.35. The van der Waals surface area contributed by atoms with Crippen molar-refractivity contribution in [3.8, 4) is 0 Å². The van der Waals surface area contributed by atoms with Gasteiger partial charge in [0.1, 0.15) is 5.01 Å². The molecule has 1 saturated heterocycles. The molecule has 0 aliphatic carbocycles. The maximum Gasteiger partial charge on any atom is 0.113 e. The van der Waals surface area contributed by atoms with Crippen LogP contribution in [-0.4, -0.2) is 24.1 Å². The Morgan fingerprint density at radius 3 is 2.41 bits per heavy atom. The molecule has 3 nitrogen and oxygen atoms in total. The maximum atomic E-state index is 4.79. The first-order chi connectivity index (χ1) is 8.03. The second-order valence-electron chi connectivity index (χ2n) is 5.29. The summed E-state index contributed by atoms with van der Waals surface area (Å²) < 4.78 is 0. The zero-order valence-corrected chi connectivity index (χ0v) is 12.1. The Morgan fingerprint density at radius 1 is 1.29 bits per heavy atom. The van der Waals surface area contributed by atoms with Crippen LogP contribution in [-0.2, 0) is 5.54 Å². The summed E-state index contributed by atoms with van der Waals surface area (Å²) >= 11 is 1.86. The predicted molar refractivity (Wildman–Crippen MR) is 73.6 cm³/mol. The fraction of sp³-hybridized carbons (Fsp3) is 0.769. The van der Waals surface area contributed by atoms with Crippen molar-refractivity contribution in [3.05, 3.63) is 15.6 Å². The highest BCUT2D eigenvalue weighted by molar-refractivity contribution is 7.11. The van der Waals surface area contributed by atoms with Crippen LogP contribution in [0.3, 0.4) is 0 Å². The van der Waals surface area contributed by atoms with E-state index in [2.05, 4.69) is 38.3 Å². The fourth-order valence-corrected chi connectivity index (χ4v) is 3.63. The van der Waals surface area contributed by atoms with Crippen molar-refractivity contribution in [1.29, 1.82) is 0 Å². The standard InChI is InChI=1S/C13H23N3S/c1-9(2)16-13(5-7-14-8-6-13)12-15-10(3)11(4)17-12/h9,14,16H,5-8H2,1-4H3. The molecule has 0 atom stereocenters. The van der Waals surface area contributed by atoms with Crippen molar-refractivity contribution in [2.45, 2.75) is 52.1 Å². The first kappa shape index (κ1) is 13.0. The van der Waals surface area contributed by atoms with E-state index in [4.69, 9.17) is 4.98 Å². The van der Waals surface area contributed by atoms with Crippen LogP contribution in [0.5, 0.6) is 0 Å². The van der Waals surface area contributed by atoms with Gasteiger partial charge in [0, 0.05) is 10.9 Å². The van der Waals surface area contributed by atoms with Crippen LogP contribution in [0, 0.1) is 13.8 Å². The van der Waals surface area contributed by atoms with Gasteiger partial charge in [0.15, 0.2) is 0 Å². The van der Waals surface area contributed by atoms with Gasteiger partial charge >= 0.3 is 0 Å². The van der Waals surface area contributed by atoms with Gasteiger partial charge < -0.3 is 10.6 Å². The molecule has 2 rings (SSSR count). The summed E-state index contributed by atoms with van der Waals surface area (Å²) in [5, 5.41) is 8.48. The molecule has 0 unspecified atom stereocenters. The van der Waals surface area contributed by atoms with Crippen LogP contribution < -0.4 is 10.6 Å². The van der Waals surface area contributed by atoms with Crippen molar-refractivity contribution < 1.29 is 0 Å². The maximum absolute atomic E-state index is 4.79. The number of hydrogen-bond acceptors (Lipinski definition) is 4. The summed E-state index contributed by atoms with van der Waals surface area (Å²) in [6.07, 6.45) is 2.27. The largest absolute Gasteiger partial charge is 0.317 e. The SMILES string of the molecule is Cc1nc(C2(NC(C)C)CCNCC2)sc1C. The van der Waals surface area contributed by atoms with E-state index in [1.54, 1.807) is 0 Å². The normalized spacial score (nSPS) is 19.8. The third-order valence-corrected chi connectivity index (χ3v) is 4.74. The summed E-state index contributed by atoms with van der Waals surface area (Å²) in [4.78, 5) is 6.14. The van der Waals surface area contributed by atoms with E-state index < -0.39 is 0 Å². The number of aryl methyl sites for hydroxylation is 2. The van der Waals surface area contributed by atoms with Crippen molar-refractivity contribution >= 4 is 11.3 Å². The van der Waals surface area contributed by atoms with Gasteiger partial charge in [0.2, 0.25) is 0 Å². The summed E-state index contributed by atoms with van der Waals surface area (Å²) in [7, 11) is 0. The lowest BCUT2D eigenvalue weighted by Crippen LogP contribution is -2.52. The molecule has 17 heavy (non-hydrogen) atoms. The Kier molecular flexibility index (Phi) is 3.85. The first-order valence-corrected chi connectivity index (χ1v) is 7.28. The van der Waals surface area contributed by atoms with Crippen LogP contribution in [0.15, 0.2) is 0 Å². The highest BCUT2D eigenvalue weighted by atomic mass is 32.1. The number of piperidine rings is 1. The molecule has 0 amide bonds. The van der Waals surface area contributed by atoms with Crippen molar-refractivity contribution in [3.63, 3.8) is 0 Å². The van der Waals surface area contributed by atoms with Gasteiger partial charge in [-0.3, -0.25) is 0 Å². The van der Waals surface area contributed by atoms with Gasteiger partial charge in [0.05, 0.1) is 11.2 Å². The van der Waals surface area contributed by atoms with Crippen LogP contribution in [0.2, 0.25) is 0 Å². The Bertz CT molecular complexity index is 359. The van der Waals surface area contributed by atoms with Gasteiger partial charge in [-0.05, 0) is 53.6 Å². The second kappa shape index (κ2) is 5.04. The zero-order valence-electron chi connectivity index (χ0n) is 11.3. The molecule has 0 spiro atoms. The van der Waals surface area contributed by atoms with E-state index in [0.29, 0.717) is 6.04 Å². The van der Waals surface area contributed by atoms with E-state index in [0.717, 1.165) is 25.9 Å². The monoisotopic (exact) mass is 253 g/mol. The average Bonchev–Trinajstić information content (AvgIpc) is 2.60. The van der Waals surface area contributed by atoms with E-state index in [1.165, 1.54) is 15.6 Å². The van der Waals surface area contributed by atoms with Gasteiger partial charge in [0.25, 0.3) is 0 Å². The van der Waals surface area contributed by atoms with E-state index in [1.807, 2.05) is 11.3 Å². The molecule has 2 heterocycles. The van der Waals surface area contributed by atoms with Crippen LogP contribution in [0.1, 0.15) is 42.3 Å². The lowest BCUT2D eigenvalue weighted by Gasteiger charge is -2.38. The fourth-order valence-electron chi connectivity index (χ4n) is 2.50. The van der Waals surface area contributed by atoms with Crippen LogP contribution in [0.4, 0.5) is 0 Å². The third-order valence-electron chi connectivity index (χ3n) is 3.46. The molecule has 1 aromatic heterocycles. The van der Waals surface area contributed by atoms with Crippen molar-refractivity contribution in [1.82, 2.24) is 15.6 Å². The number of thiazole rings is 1. The minimum absolute atomic E-state index is 0.100. The molecule has 1 aromatic rings. The quantitative estimate of drug-likeness (QED) is 0.868. The molecule has 96 valence electrons. The average molecular weight is 253 g/mol. The predicted octanol–water partition coefficient (Wildman–Crippen LogP) is 2.34. The Balaban J connectivity index is 2.31. The number of hydrogen-bond donors (Lipinski definition) is 2. The smallest absolute Gasteiger partial charge is 0.113 e. The molecule has 0 radical (unpaired) electrons. The second-order valence-corrected chi connectivity index (χ2v) is 6.49. The topological polar surface area (TPSA) is 37.0 Å². The number of aromatic nitrogens is 1. The Hall–Kier alpha value is -0.450. The molecule has 1 aliphatic rings. The lowest BCUT2D eigenvalue weighted by molar-refractivity contribution is 0.227. The van der Waals surface area contributed by atoms with Crippen LogP contribution in [0.25, 0.3) is 0 Å². The van der Waals surface area contributed by atoms with Gasteiger partial charge in [-0.25, -0.2) is 4.98 Å². The minimum Gasteiger partial charge on any atom is -0.317 e. The third kappa shape index (κ3) is 2.69. The Morgan fingerprint density at radius 2 is 1.94 bits per heavy atom. The highest BCUT2D eigenvalue weighted by Gasteiger charge is 2.37. The molecule has 0 saturated carbocycles. The molecule has 2 N–H and O–H groups in total. The zero-order chi connectivity index (χ0) is 12.5. The number of nitrogens with zero attached hydrogens (tertiary/aromatic N) is 1. The lowest BCUT2D eigenvalue weighted by atomic mass is 9.88. The first-order valence-electron chi connectivity index (χ1n) is 6.46. The summed E-state index contributed by atoms with van der Waals surface area (Å²) in [6.45, 7) is 10.9. The van der Waals surface area contributed by atoms with Crippen LogP contribution >= 0.6 is 11.3 Å². The Labute approximate surface area is 108 Å². The van der Waals surface area contributed by atoms with Gasteiger partial charge in [-0.1, -0.05) is 0 Å². The molecule has 0 bridgehead atoms. The van der Waals surface area contributed by atoms with E-state index in [-0.39, 0.29) is 5.54 Å². The molecule has 4 heteroatoms.